The van der Waals surface area contributed by atoms with Crippen molar-refractivity contribution >= 4 is 0 Å². The van der Waals surface area contributed by atoms with E-state index in [1.165, 1.54) is 22.4 Å². The molecule has 1 aromatic carbocycles. The maximum absolute atomic E-state index is 4.57. The van der Waals surface area contributed by atoms with Crippen LogP contribution < -0.4 is 5.32 Å². The summed E-state index contributed by atoms with van der Waals surface area (Å²) in [6.07, 6.45) is 1.08. The first-order chi connectivity index (χ1) is 8.67. The molecule has 1 aromatic heterocycles. The first-order valence-corrected chi connectivity index (χ1v) is 6.43. The van der Waals surface area contributed by atoms with Crippen LogP contribution >= 0.6 is 0 Å². The second-order valence-electron chi connectivity index (χ2n) is 4.62. The van der Waals surface area contributed by atoms with E-state index in [-0.39, 0.29) is 0 Å². The van der Waals surface area contributed by atoms with E-state index in [9.17, 15) is 0 Å². The van der Waals surface area contributed by atoms with Gasteiger partial charge in [0.05, 0.1) is 11.4 Å². The number of aryl methyl sites for hydroxylation is 2. The van der Waals surface area contributed by atoms with Gasteiger partial charge < -0.3 is 5.32 Å². The Morgan fingerprint density at radius 3 is 2.44 bits per heavy atom. The fourth-order valence-electron chi connectivity index (χ4n) is 2.32. The number of nitrogens with one attached hydrogen (secondary N) is 1. The van der Waals surface area contributed by atoms with Gasteiger partial charge in [-0.25, -0.2) is 0 Å². The van der Waals surface area contributed by atoms with Crippen LogP contribution in [0.4, 0.5) is 0 Å². The van der Waals surface area contributed by atoms with Crippen LogP contribution in [0.25, 0.3) is 11.3 Å². The van der Waals surface area contributed by atoms with Gasteiger partial charge in [-0.2, -0.15) is 5.10 Å². The predicted octanol–water partition coefficient (Wildman–Crippen LogP) is 2.68. The summed E-state index contributed by atoms with van der Waals surface area (Å²) in [6, 6.07) is 8.76. The molecule has 0 bridgehead atoms. The molecule has 0 unspecified atom stereocenters. The van der Waals surface area contributed by atoms with Crippen molar-refractivity contribution in [2.24, 2.45) is 7.05 Å². The van der Waals surface area contributed by atoms with Crippen molar-refractivity contribution in [2.75, 3.05) is 7.05 Å². The zero-order valence-corrected chi connectivity index (χ0v) is 11.6. The van der Waals surface area contributed by atoms with Crippen molar-refractivity contribution in [2.45, 2.75) is 26.8 Å². The van der Waals surface area contributed by atoms with Gasteiger partial charge in [0.25, 0.3) is 0 Å². The van der Waals surface area contributed by atoms with Crippen LogP contribution in [0, 0.1) is 6.92 Å². The van der Waals surface area contributed by atoms with Crippen LogP contribution in [-0.4, -0.2) is 16.8 Å². The topological polar surface area (TPSA) is 29.9 Å². The summed E-state index contributed by atoms with van der Waals surface area (Å²) in [6.45, 7) is 5.13. The number of rotatable bonds is 4. The average Bonchev–Trinajstić information content (AvgIpc) is 2.65. The van der Waals surface area contributed by atoms with Crippen LogP contribution in [0.1, 0.15) is 23.7 Å². The van der Waals surface area contributed by atoms with E-state index in [0.29, 0.717) is 0 Å². The van der Waals surface area contributed by atoms with E-state index in [0.717, 1.165) is 18.7 Å². The van der Waals surface area contributed by atoms with Crippen LogP contribution in [0.5, 0.6) is 0 Å². The highest BCUT2D eigenvalue weighted by molar-refractivity contribution is 5.64. The van der Waals surface area contributed by atoms with Crippen molar-refractivity contribution in [1.82, 2.24) is 15.1 Å². The third-order valence-electron chi connectivity index (χ3n) is 3.36. The molecule has 0 atom stereocenters. The minimum Gasteiger partial charge on any atom is -0.314 e. The van der Waals surface area contributed by atoms with Crippen LogP contribution in [0.2, 0.25) is 0 Å². The molecule has 0 aliphatic rings. The molecule has 0 spiro atoms. The molecule has 0 saturated carbocycles. The zero-order valence-electron chi connectivity index (χ0n) is 11.6. The molecule has 2 aromatic rings. The monoisotopic (exact) mass is 243 g/mol. The lowest BCUT2D eigenvalue weighted by Crippen LogP contribution is -2.06. The largest absolute Gasteiger partial charge is 0.314 e. The molecule has 0 saturated heterocycles. The van der Waals surface area contributed by atoms with Crippen molar-refractivity contribution in [3.05, 3.63) is 41.1 Å². The van der Waals surface area contributed by atoms with Crippen molar-refractivity contribution < 1.29 is 0 Å². The van der Waals surface area contributed by atoms with Gasteiger partial charge in [-0.15, -0.1) is 0 Å². The lowest BCUT2D eigenvalue weighted by atomic mass is 10.0. The molecule has 0 aliphatic heterocycles. The maximum Gasteiger partial charge on any atom is 0.0797 e. The highest BCUT2D eigenvalue weighted by atomic mass is 15.3. The molecule has 1 heterocycles. The predicted molar refractivity (Wildman–Crippen MR) is 75.5 cm³/mol. The quantitative estimate of drug-likeness (QED) is 0.894. The molecule has 96 valence electrons. The first-order valence-electron chi connectivity index (χ1n) is 6.43. The second-order valence-corrected chi connectivity index (χ2v) is 4.62. The van der Waals surface area contributed by atoms with Crippen LogP contribution in [0.3, 0.4) is 0 Å². The fraction of sp³-hybridized carbons (Fsp3) is 0.400. The fourth-order valence-corrected chi connectivity index (χ4v) is 2.32. The van der Waals surface area contributed by atoms with E-state index in [1.54, 1.807) is 0 Å². The van der Waals surface area contributed by atoms with Crippen molar-refractivity contribution in [1.29, 1.82) is 0 Å². The molecule has 0 fully saturated rings. The third-order valence-corrected chi connectivity index (χ3v) is 3.36. The number of hydrogen-bond acceptors (Lipinski definition) is 2. The Morgan fingerprint density at radius 1 is 1.22 bits per heavy atom. The summed E-state index contributed by atoms with van der Waals surface area (Å²) in [5.41, 5.74) is 6.20. The Hall–Kier alpha value is -1.61. The standard InChI is InChI=1S/C15H21N3/c1-5-12-6-8-13(9-7-12)15-11(2)14(10-16-3)17-18(15)4/h6-9,16H,5,10H2,1-4H3. The Balaban J connectivity index is 2.43. The van der Waals surface area contributed by atoms with Gasteiger partial charge in [0, 0.05) is 19.2 Å². The SMILES string of the molecule is CCc1ccc(-c2c(C)c(CNC)nn2C)cc1. The molecule has 0 aliphatic carbocycles. The Kier molecular flexibility index (Phi) is 3.82. The second kappa shape index (κ2) is 5.36. The summed E-state index contributed by atoms with van der Waals surface area (Å²) in [4.78, 5) is 0. The van der Waals surface area contributed by atoms with Gasteiger partial charge in [-0.1, -0.05) is 31.2 Å². The minimum absolute atomic E-state index is 0.812. The molecule has 2 rings (SSSR count). The van der Waals surface area contributed by atoms with Crippen molar-refractivity contribution in [3.8, 4) is 11.3 Å². The van der Waals surface area contributed by atoms with Crippen LogP contribution in [-0.2, 0) is 20.0 Å². The van der Waals surface area contributed by atoms with Crippen molar-refractivity contribution in [3.63, 3.8) is 0 Å². The molecule has 3 heteroatoms. The van der Waals surface area contributed by atoms with Gasteiger partial charge in [-0.3, -0.25) is 4.68 Å². The number of aromatic nitrogens is 2. The summed E-state index contributed by atoms with van der Waals surface area (Å²) in [5, 5.41) is 7.73. The van der Waals surface area contributed by atoms with Gasteiger partial charge in [0.15, 0.2) is 0 Å². The number of benzene rings is 1. The lowest BCUT2D eigenvalue weighted by Gasteiger charge is -2.05. The Labute approximate surface area is 109 Å². The van der Waals surface area contributed by atoms with E-state index in [1.807, 2.05) is 18.8 Å². The van der Waals surface area contributed by atoms with E-state index < -0.39 is 0 Å². The Morgan fingerprint density at radius 2 is 1.89 bits per heavy atom. The summed E-state index contributed by atoms with van der Waals surface area (Å²) in [7, 11) is 3.96. The number of nitrogens with zero attached hydrogens (tertiary/aromatic N) is 2. The molecule has 0 radical (unpaired) electrons. The molecule has 18 heavy (non-hydrogen) atoms. The normalized spacial score (nSPS) is 10.9. The zero-order chi connectivity index (χ0) is 13.1. The number of hydrogen-bond donors (Lipinski definition) is 1. The van der Waals surface area contributed by atoms with E-state index >= 15 is 0 Å². The van der Waals surface area contributed by atoms with Gasteiger partial charge in [0.2, 0.25) is 0 Å². The van der Waals surface area contributed by atoms with E-state index in [2.05, 4.69) is 48.5 Å². The lowest BCUT2D eigenvalue weighted by molar-refractivity contribution is 0.715. The maximum atomic E-state index is 4.57. The molecule has 0 amide bonds. The average molecular weight is 243 g/mol. The summed E-state index contributed by atoms with van der Waals surface area (Å²) >= 11 is 0. The van der Waals surface area contributed by atoms with E-state index in [4.69, 9.17) is 0 Å². The highest BCUT2D eigenvalue weighted by Gasteiger charge is 2.13. The Bertz CT molecular complexity index is 523. The molecular formula is C15H21N3. The van der Waals surface area contributed by atoms with Crippen LogP contribution in [0.15, 0.2) is 24.3 Å². The van der Waals surface area contributed by atoms with Gasteiger partial charge >= 0.3 is 0 Å². The molecular weight excluding hydrogens is 222 g/mol. The molecule has 1 N–H and O–H groups in total. The van der Waals surface area contributed by atoms with Gasteiger partial charge in [0.1, 0.15) is 0 Å². The first kappa shape index (κ1) is 12.8. The minimum atomic E-state index is 0.812. The van der Waals surface area contributed by atoms with Gasteiger partial charge in [-0.05, 0) is 31.5 Å². The molecule has 3 nitrogen and oxygen atoms in total. The summed E-state index contributed by atoms with van der Waals surface area (Å²) < 4.78 is 1.98. The third kappa shape index (κ3) is 2.31. The highest BCUT2D eigenvalue weighted by Crippen LogP contribution is 2.25. The smallest absolute Gasteiger partial charge is 0.0797 e. The summed E-state index contributed by atoms with van der Waals surface area (Å²) in [5.74, 6) is 0.